The zero-order chi connectivity index (χ0) is 11.4. The van der Waals surface area contributed by atoms with E-state index in [-0.39, 0.29) is 0 Å². The van der Waals surface area contributed by atoms with Crippen LogP contribution in [0.5, 0.6) is 0 Å². The molecule has 0 atom stereocenters. The van der Waals surface area contributed by atoms with Gasteiger partial charge in [-0.1, -0.05) is 0 Å². The van der Waals surface area contributed by atoms with E-state index in [1.165, 1.54) is 0 Å². The molecule has 1 N–H and O–H groups in total. The molecule has 0 bridgehead atoms. The van der Waals surface area contributed by atoms with E-state index in [2.05, 4.69) is 25.3 Å². The second-order valence-corrected chi connectivity index (χ2v) is 3.28. The molecule has 0 fully saturated rings. The van der Waals surface area contributed by atoms with E-state index >= 15 is 0 Å². The number of nitrogens with zero attached hydrogens (tertiary/aromatic N) is 4. The molecule has 0 saturated heterocycles. The predicted octanol–water partition coefficient (Wildman–Crippen LogP) is 1.67. The van der Waals surface area contributed by atoms with Gasteiger partial charge in [-0.2, -0.15) is 0 Å². The minimum Gasteiger partial charge on any atom is -0.370 e. The normalized spacial score (nSPS) is 10.1. The van der Waals surface area contributed by atoms with Gasteiger partial charge in [0.25, 0.3) is 0 Å². The van der Waals surface area contributed by atoms with E-state index in [0.29, 0.717) is 5.82 Å². The van der Waals surface area contributed by atoms with Gasteiger partial charge in [0.1, 0.15) is 17.3 Å². The standard InChI is InChI=1S/C11H13N5/c1-3-12-10-5-7-14-11(16-10)9-4-6-13-8(2)15-9/h4-7H,3H2,1-2H3,(H,12,14,16). The molecule has 0 aromatic carbocycles. The number of aryl methyl sites for hydroxylation is 1. The molecular weight excluding hydrogens is 202 g/mol. The second-order valence-electron chi connectivity index (χ2n) is 3.28. The summed E-state index contributed by atoms with van der Waals surface area (Å²) in [6.45, 7) is 4.70. The van der Waals surface area contributed by atoms with Crippen molar-refractivity contribution in [3.63, 3.8) is 0 Å². The Morgan fingerprint density at radius 3 is 2.69 bits per heavy atom. The Morgan fingerprint density at radius 1 is 1.12 bits per heavy atom. The van der Waals surface area contributed by atoms with Crippen LogP contribution >= 0.6 is 0 Å². The highest BCUT2D eigenvalue weighted by Crippen LogP contribution is 2.12. The van der Waals surface area contributed by atoms with Crippen LogP contribution in [0.4, 0.5) is 5.82 Å². The molecule has 0 aliphatic rings. The highest BCUT2D eigenvalue weighted by atomic mass is 15.0. The van der Waals surface area contributed by atoms with Crippen LogP contribution in [0.1, 0.15) is 12.7 Å². The molecule has 0 amide bonds. The molecule has 16 heavy (non-hydrogen) atoms. The minimum atomic E-state index is 0.615. The van der Waals surface area contributed by atoms with E-state index in [1.807, 2.05) is 19.9 Å². The molecule has 0 aliphatic carbocycles. The number of hydrogen-bond acceptors (Lipinski definition) is 5. The van der Waals surface area contributed by atoms with Crippen LogP contribution in [0.25, 0.3) is 11.5 Å². The number of nitrogens with one attached hydrogen (secondary N) is 1. The van der Waals surface area contributed by atoms with Crippen molar-refractivity contribution in [1.82, 2.24) is 19.9 Å². The predicted molar refractivity (Wildman–Crippen MR) is 62.0 cm³/mol. The van der Waals surface area contributed by atoms with Crippen LogP contribution in [0.3, 0.4) is 0 Å². The average Bonchev–Trinajstić information content (AvgIpc) is 2.30. The van der Waals surface area contributed by atoms with Crippen LogP contribution < -0.4 is 5.32 Å². The van der Waals surface area contributed by atoms with E-state index in [0.717, 1.165) is 23.9 Å². The van der Waals surface area contributed by atoms with Crippen LogP contribution in [0.2, 0.25) is 0 Å². The van der Waals surface area contributed by atoms with Gasteiger partial charge in [-0.15, -0.1) is 0 Å². The van der Waals surface area contributed by atoms with Crippen LogP contribution in [0, 0.1) is 6.92 Å². The van der Waals surface area contributed by atoms with Crippen LogP contribution in [-0.4, -0.2) is 26.5 Å². The summed E-state index contributed by atoms with van der Waals surface area (Å²) in [5.41, 5.74) is 0.743. The number of rotatable bonds is 3. The highest BCUT2D eigenvalue weighted by molar-refractivity contribution is 5.51. The van der Waals surface area contributed by atoms with E-state index < -0.39 is 0 Å². The first-order valence-corrected chi connectivity index (χ1v) is 5.16. The molecule has 2 heterocycles. The molecule has 2 rings (SSSR count). The van der Waals surface area contributed by atoms with Gasteiger partial charge in [0, 0.05) is 18.9 Å². The summed E-state index contributed by atoms with van der Waals surface area (Å²) < 4.78 is 0. The summed E-state index contributed by atoms with van der Waals surface area (Å²) in [6, 6.07) is 3.64. The lowest BCUT2D eigenvalue weighted by atomic mass is 10.3. The van der Waals surface area contributed by atoms with Gasteiger partial charge in [-0.3, -0.25) is 0 Å². The minimum absolute atomic E-state index is 0.615. The Labute approximate surface area is 94.0 Å². The Balaban J connectivity index is 2.36. The molecule has 0 unspecified atom stereocenters. The van der Waals surface area contributed by atoms with Crippen molar-refractivity contribution >= 4 is 5.82 Å². The Bertz CT molecular complexity index is 483. The third-order valence-electron chi connectivity index (χ3n) is 2.02. The Kier molecular flexibility index (Phi) is 3.05. The van der Waals surface area contributed by atoms with Crippen molar-refractivity contribution in [2.75, 3.05) is 11.9 Å². The summed E-state index contributed by atoms with van der Waals surface area (Å²) in [5.74, 6) is 2.14. The molecular formula is C11H13N5. The third-order valence-corrected chi connectivity index (χ3v) is 2.02. The molecule has 0 aliphatic heterocycles. The first-order chi connectivity index (χ1) is 7.79. The van der Waals surface area contributed by atoms with Crippen molar-refractivity contribution in [1.29, 1.82) is 0 Å². The SMILES string of the molecule is CCNc1ccnc(-c2ccnc(C)n2)n1. The zero-order valence-corrected chi connectivity index (χ0v) is 9.31. The maximum absolute atomic E-state index is 4.36. The molecule has 5 heteroatoms. The smallest absolute Gasteiger partial charge is 0.180 e. The Morgan fingerprint density at radius 2 is 1.94 bits per heavy atom. The molecule has 5 nitrogen and oxygen atoms in total. The molecule has 2 aromatic rings. The van der Waals surface area contributed by atoms with Crippen molar-refractivity contribution in [2.45, 2.75) is 13.8 Å². The van der Waals surface area contributed by atoms with Gasteiger partial charge in [0.15, 0.2) is 5.82 Å². The van der Waals surface area contributed by atoms with Crippen molar-refractivity contribution in [2.24, 2.45) is 0 Å². The van der Waals surface area contributed by atoms with Crippen molar-refractivity contribution in [3.05, 3.63) is 30.4 Å². The second kappa shape index (κ2) is 4.65. The molecule has 0 radical (unpaired) electrons. The summed E-state index contributed by atoms with van der Waals surface area (Å²) in [6.07, 6.45) is 3.43. The monoisotopic (exact) mass is 215 g/mol. The maximum atomic E-state index is 4.36. The van der Waals surface area contributed by atoms with Gasteiger partial charge in [0.2, 0.25) is 0 Å². The lowest BCUT2D eigenvalue weighted by molar-refractivity contribution is 1.03. The zero-order valence-electron chi connectivity index (χ0n) is 9.31. The molecule has 82 valence electrons. The van der Waals surface area contributed by atoms with Gasteiger partial charge in [-0.05, 0) is 26.0 Å². The number of hydrogen-bond donors (Lipinski definition) is 1. The number of aromatic nitrogens is 4. The summed E-state index contributed by atoms with van der Waals surface area (Å²) >= 11 is 0. The first-order valence-electron chi connectivity index (χ1n) is 5.16. The Hall–Kier alpha value is -2.04. The van der Waals surface area contributed by atoms with E-state index in [4.69, 9.17) is 0 Å². The molecule has 0 spiro atoms. The van der Waals surface area contributed by atoms with Gasteiger partial charge < -0.3 is 5.32 Å². The highest BCUT2D eigenvalue weighted by Gasteiger charge is 2.03. The maximum Gasteiger partial charge on any atom is 0.180 e. The fourth-order valence-corrected chi connectivity index (χ4v) is 1.34. The van der Waals surface area contributed by atoms with E-state index in [9.17, 15) is 0 Å². The third kappa shape index (κ3) is 2.31. The average molecular weight is 215 g/mol. The summed E-state index contributed by atoms with van der Waals surface area (Å²) in [4.78, 5) is 16.9. The van der Waals surface area contributed by atoms with Crippen molar-refractivity contribution in [3.8, 4) is 11.5 Å². The van der Waals surface area contributed by atoms with Crippen LogP contribution in [0.15, 0.2) is 24.5 Å². The largest absolute Gasteiger partial charge is 0.370 e. The quantitative estimate of drug-likeness (QED) is 0.843. The van der Waals surface area contributed by atoms with Crippen LogP contribution in [-0.2, 0) is 0 Å². The van der Waals surface area contributed by atoms with Crippen molar-refractivity contribution < 1.29 is 0 Å². The lowest BCUT2D eigenvalue weighted by Gasteiger charge is -2.04. The van der Waals surface area contributed by atoms with Gasteiger partial charge in [0.05, 0.1) is 0 Å². The fraction of sp³-hybridized carbons (Fsp3) is 0.273. The fourth-order valence-electron chi connectivity index (χ4n) is 1.34. The summed E-state index contributed by atoms with van der Waals surface area (Å²) in [5, 5.41) is 3.14. The summed E-state index contributed by atoms with van der Waals surface area (Å²) in [7, 11) is 0. The molecule has 2 aromatic heterocycles. The van der Waals surface area contributed by atoms with E-state index in [1.54, 1.807) is 18.5 Å². The lowest BCUT2D eigenvalue weighted by Crippen LogP contribution is -2.01. The topological polar surface area (TPSA) is 63.6 Å². The van der Waals surface area contributed by atoms with Gasteiger partial charge in [-0.25, -0.2) is 19.9 Å². The first kappa shape index (κ1) is 10.5. The molecule has 0 saturated carbocycles. The number of anilines is 1. The van der Waals surface area contributed by atoms with Gasteiger partial charge >= 0.3 is 0 Å².